The van der Waals surface area contributed by atoms with Crippen molar-refractivity contribution in [3.8, 4) is 0 Å². The van der Waals surface area contributed by atoms with E-state index in [0.29, 0.717) is 5.92 Å². The highest BCUT2D eigenvalue weighted by molar-refractivity contribution is 5.56. The van der Waals surface area contributed by atoms with Crippen molar-refractivity contribution in [3.05, 3.63) is 35.7 Å². The number of hydrogen-bond donors (Lipinski definition) is 1. The zero-order chi connectivity index (χ0) is 10.8. The van der Waals surface area contributed by atoms with Crippen LogP contribution in [0.4, 0.5) is 0 Å². The zero-order valence-corrected chi connectivity index (χ0v) is 9.27. The van der Waals surface area contributed by atoms with Gasteiger partial charge in [-0.05, 0) is 37.9 Å². The number of pyridine rings is 1. The predicted octanol–water partition coefficient (Wildman–Crippen LogP) is 1.78. The Morgan fingerprint density at radius 3 is 3.00 bits per heavy atom. The maximum atomic E-state index is 5.66. The molecule has 0 saturated carbocycles. The highest BCUT2D eigenvalue weighted by Gasteiger charge is 2.11. The Hall–Kier alpha value is -1.35. The quantitative estimate of drug-likeness (QED) is 0.826. The first-order chi connectivity index (χ1) is 7.22. The van der Waals surface area contributed by atoms with Crippen LogP contribution < -0.4 is 5.73 Å². The van der Waals surface area contributed by atoms with Gasteiger partial charge in [0, 0.05) is 11.8 Å². The van der Waals surface area contributed by atoms with Crippen LogP contribution in [0.5, 0.6) is 0 Å². The van der Waals surface area contributed by atoms with E-state index in [1.54, 1.807) is 0 Å². The summed E-state index contributed by atoms with van der Waals surface area (Å²) in [4.78, 5) is 0. The number of hydrogen-bond acceptors (Lipinski definition) is 2. The number of rotatable bonds is 3. The van der Waals surface area contributed by atoms with E-state index in [-0.39, 0.29) is 0 Å². The second-order valence-electron chi connectivity index (χ2n) is 4.14. The molecular formula is C12H17N3. The van der Waals surface area contributed by atoms with E-state index in [2.05, 4.69) is 25.0 Å². The van der Waals surface area contributed by atoms with Crippen LogP contribution in [-0.4, -0.2) is 16.2 Å². The number of aryl methyl sites for hydroxylation is 1. The molecule has 80 valence electrons. The summed E-state index contributed by atoms with van der Waals surface area (Å²) >= 11 is 0. The molecule has 0 fully saturated rings. The van der Waals surface area contributed by atoms with Crippen LogP contribution in [-0.2, 0) is 6.42 Å². The number of nitrogens with two attached hydrogens (primary N) is 1. The summed E-state index contributed by atoms with van der Waals surface area (Å²) < 4.78 is 1.94. The lowest BCUT2D eigenvalue weighted by Gasteiger charge is -2.07. The van der Waals surface area contributed by atoms with Crippen LogP contribution in [0.1, 0.15) is 18.2 Å². The maximum absolute atomic E-state index is 5.66. The molecule has 1 unspecified atom stereocenters. The SMILES string of the molecule is Cc1nn2ccccc2c1CC(C)CN. The van der Waals surface area contributed by atoms with E-state index in [4.69, 9.17) is 5.73 Å². The third kappa shape index (κ3) is 1.88. The molecule has 0 radical (unpaired) electrons. The van der Waals surface area contributed by atoms with Crippen molar-refractivity contribution in [1.29, 1.82) is 0 Å². The molecular weight excluding hydrogens is 186 g/mol. The summed E-state index contributed by atoms with van der Waals surface area (Å²) in [5.74, 6) is 0.511. The van der Waals surface area contributed by atoms with Crippen molar-refractivity contribution >= 4 is 5.52 Å². The van der Waals surface area contributed by atoms with Gasteiger partial charge in [-0.1, -0.05) is 13.0 Å². The van der Waals surface area contributed by atoms with Gasteiger partial charge < -0.3 is 5.73 Å². The van der Waals surface area contributed by atoms with Gasteiger partial charge in [-0.2, -0.15) is 5.10 Å². The lowest BCUT2D eigenvalue weighted by Crippen LogP contribution is -2.13. The molecule has 0 saturated heterocycles. The van der Waals surface area contributed by atoms with Crippen LogP contribution in [0.2, 0.25) is 0 Å². The summed E-state index contributed by atoms with van der Waals surface area (Å²) in [6.45, 7) is 4.96. The van der Waals surface area contributed by atoms with Crippen LogP contribution in [0.3, 0.4) is 0 Å². The van der Waals surface area contributed by atoms with Crippen molar-refractivity contribution in [2.45, 2.75) is 20.3 Å². The van der Waals surface area contributed by atoms with Crippen LogP contribution in [0.15, 0.2) is 24.4 Å². The largest absolute Gasteiger partial charge is 0.330 e. The van der Waals surface area contributed by atoms with E-state index < -0.39 is 0 Å². The van der Waals surface area contributed by atoms with Gasteiger partial charge in [0.15, 0.2) is 0 Å². The average Bonchev–Trinajstić information content (AvgIpc) is 2.55. The lowest BCUT2D eigenvalue weighted by atomic mass is 10.0. The molecule has 2 N–H and O–H groups in total. The highest BCUT2D eigenvalue weighted by atomic mass is 15.2. The van der Waals surface area contributed by atoms with E-state index in [1.807, 2.05) is 22.8 Å². The third-order valence-corrected chi connectivity index (χ3v) is 2.80. The lowest BCUT2D eigenvalue weighted by molar-refractivity contribution is 0.593. The molecule has 0 aliphatic heterocycles. The van der Waals surface area contributed by atoms with E-state index in [0.717, 1.165) is 18.7 Å². The second kappa shape index (κ2) is 4.03. The molecule has 2 rings (SSSR count). The number of nitrogens with zero attached hydrogens (tertiary/aromatic N) is 2. The van der Waals surface area contributed by atoms with Gasteiger partial charge in [-0.3, -0.25) is 0 Å². The smallest absolute Gasteiger partial charge is 0.0696 e. The maximum Gasteiger partial charge on any atom is 0.0696 e. The molecule has 0 bridgehead atoms. The molecule has 1 atom stereocenters. The minimum atomic E-state index is 0.511. The van der Waals surface area contributed by atoms with Gasteiger partial charge in [-0.15, -0.1) is 0 Å². The molecule has 2 aromatic heterocycles. The highest BCUT2D eigenvalue weighted by Crippen LogP contribution is 2.18. The molecule has 3 heteroatoms. The van der Waals surface area contributed by atoms with Gasteiger partial charge >= 0.3 is 0 Å². The van der Waals surface area contributed by atoms with Crippen molar-refractivity contribution in [2.75, 3.05) is 6.54 Å². The first kappa shape index (κ1) is 10.2. The van der Waals surface area contributed by atoms with Crippen molar-refractivity contribution in [2.24, 2.45) is 11.7 Å². The Balaban J connectivity index is 2.45. The molecule has 0 aromatic carbocycles. The molecule has 0 aliphatic carbocycles. The molecule has 3 nitrogen and oxygen atoms in total. The van der Waals surface area contributed by atoms with E-state index in [9.17, 15) is 0 Å². The Kier molecular flexibility index (Phi) is 2.73. The molecule has 15 heavy (non-hydrogen) atoms. The Morgan fingerprint density at radius 1 is 1.47 bits per heavy atom. The Morgan fingerprint density at radius 2 is 2.27 bits per heavy atom. The summed E-state index contributed by atoms with van der Waals surface area (Å²) in [5, 5.41) is 4.48. The van der Waals surface area contributed by atoms with E-state index in [1.165, 1.54) is 11.1 Å². The van der Waals surface area contributed by atoms with Crippen LogP contribution in [0, 0.1) is 12.8 Å². The second-order valence-corrected chi connectivity index (χ2v) is 4.14. The standard InChI is InChI=1S/C12H17N3/c1-9(8-13)7-11-10(2)14-15-6-4-3-5-12(11)15/h3-6,9H,7-8,13H2,1-2H3. The van der Waals surface area contributed by atoms with E-state index >= 15 is 0 Å². The molecule has 0 aliphatic rings. The number of fused-ring (bicyclic) bond motifs is 1. The van der Waals surface area contributed by atoms with Gasteiger partial charge in [0.2, 0.25) is 0 Å². The van der Waals surface area contributed by atoms with Gasteiger partial charge in [0.05, 0.1) is 11.2 Å². The third-order valence-electron chi connectivity index (χ3n) is 2.80. The number of aromatic nitrogens is 2. The Bertz CT molecular complexity index is 459. The predicted molar refractivity (Wildman–Crippen MR) is 61.9 cm³/mol. The van der Waals surface area contributed by atoms with Crippen molar-refractivity contribution in [1.82, 2.24) is 9.61 Å². The fourth-order valence-corrected chi connectivity index (χ4v) is 1.85. The monoisotopic (exact) mass is 203 g/mol. The van der Waals surface area contributed by atoms with Gasteiger partial charge in [0.1, 0.15) is 0 Å². The van der Waals surface area contributed by atoms with Gasteiger partial charge in [0.25, 0.3) is 0 Å². The summed E-state index contributed by atoms with van der Waals surface area (Å²) in [7, 11) is 0. The summed E-state index contributed by atoms with van der Waals surface area (Å²) in [5.41, 5.74) is 9.30. The molecule has 2 heterocycles. The van der Waals surface area contributed by atoms with Crippen molar-refractivity contribution in [3.63, 3.8) is 0 Å². The molecule has 2 aromatic rings. The fraction of sp³-hybridized carbons (Fsp3) is 0.417. The topological polar surface area (TPSA) is 43.3 Å². The fourth-order valence-electron chi connectivity index (χ4n) is 1.85. The first-order valence-corrected chi connectivity index (χ1v) is 5.35. The Labute approximate surface area is 89.9 Å². The first-order valence-electron chi connectivity index (χ1n) is 5.35. The summed E-state index contributed by atoms with van der Waals surface area (Å²) in [6, 6.07) is 6.15. The van der Waals surface area contributed by atoms with Gasteiger partial charge in [-0.25, -0.2) is 4.52 Å². The summed E-state index contributed by atoms with van der Waals surface area (Å²) in [6.07, 6.45) is 2.99. The minimum absolute atomic E-state index is 0.511. The minimum Gasteiger partial charge on any atom is -0.330 e. The normalized spacial score (nSPS) is 13.3. The molecule has 0 amide bonds. The van der Waals surface area contributed by atoms with Crippen molar-refractivity contribution < 1.29 is 0 Å². The average molecular weight is 203 g/mol. The molecule has 0 spiro atoms. The van der Waals surface area contributed by atoms with Crippen LogP contribution in [0.25, 0.3) is 5.52 Å². The zero-order valence-electron chi connectivity index (χ0n) is 9.27. The van der Waals surface area contributed by atoms with Crippen LogP contribution >= 0.6 is 0 Å².